The lowest BCUT2D eigenvalue weighted by molar-refractivity contribution is 0.102. The number of methoxy groups -OCH3 is 1. The molecule has 3 aromatic rings. The lowest BCUT2D eigenvalue weighted by Crippen LogP contribution is -2.30. The van der Waals surface area contributed by atoms with Gasteiger partial charge in [0.2, 0.25) is 15.2 Å². The number of rotatable bonds is 9. The van der Waals surface area contributed by atoms with E-state index < -0.39 is 30.3 Å². The molecule has 0 aliphatic heterocycles. The molecule has 1 amide bonds. The van der Waals surface area contributed by atoms with E-state index in [9.17, 15) is 21.6 Å². The van der Waals surface area contributed by atoms with Crippen LogP contribution in [-0.2, 0) is 20.0 Å². The second-order valence-corrected chi connectivity index (χ2v) is 11.9. The summed E-state index contributed by atoms with van der Waals surface area (Å²) in [5, 5.41) is 9.89. The first kappa shape index (κ1) is 25.6. The molecule has 0 fully saturated rings. The van der Waals surface area contributed by atoms with Crippen molar-refractivity contribution in [2.75, 3.05) is 17.1 Å². The van der Waals surface area contributed by atoms with Crippen LogP contribution in [0.1, 0.15) is 29.8 Å². The van der Waals surface area contributed by atoms with E-state index in [2.05, 4.69) is 25.0 Å². The molecule has 2 aromatic carbocycles. The maximum absolute atomic E-state index is 12.9. The molecular weight excluding hydrogens is 502 g/mol. The van der Waals surface area contributed by atoms with Crippen LogP contribution in [0.4, 0.5) is 10.8 Å². The van der Waals surface area contributed by atoms with Gasteiger partial charge in [0.25, 0.3) is 20.3 Å². The van der Waals surface area contributed by atoms with Crippen LogP contribution in [0.2, 0.25) is 0 Å². The molecule has 11 nitrogen and oxygen atoms in total. The van der Waals surface area contributed by atoms with Crippen molar-refractivity contribution in [3.8, 4) is 5.75 Å². The number of aromatic nitrogens is 2. The van der Waals surface area contributed by atoms with Crippen molar-refractivity contribution in [1.82, 2.24) is 14.9 Å². The Morgan fingerprint density at radius 3 is 2.38 bits per heavy atom. The van der Waals surface area contributed by atoms with Crippen LogP contribution in [0, 0.1) is 6.92 Å². The van der Waals surface area contributed by atoms with Crippen molar-refractivity contribution in [3.63, 3.8) is 0 Å². The summed E-state index contributed by atoms with van der Waals surface area (Å²) >= 11 is 0.644. The maximum Gasteiger partial charge on any atom is 0.291 e. The Labute approximate surface area is 201 Å². The van der Waals surface area contributed by atoms with Crippen molar-refractivity contribution < 1.29 is 26.4 Å². The molecule has 0 unspecified atom stereocenters. The number of amides is 1. The monoisotopic (exact) mass is 525 g/mol. The highest BCUT2D eigenvalue weighted by Crippen LogP contribution is 2.31. The van der Waals surface area contributed by atoms with E-state index in [-0.39, 0.29) is 27.5 Å². The topological polar surface area (TPSA) is 156 Å². The summed E-state index contributed by atoms with van der Waals surface area (Å²) in [4.78, 5) is 12.3. The zero-order valence-electron chi connectivity index (χ0n) is 18.7. The van der Waals surface area contributed by atoms with Crippen LogP contribution in [0.25, 0.3) is 0 Å². The summed E-state index contributed by atoms with van der Waals surface area (Å²) < 4.78 is 60.2. The first-order chi connectivity index (χ1) is 15.9. The Morgan fingerprint density at radius 1 is 1.03 bits per heavy atom. The molecule has 34 heavy (non-hydrogen) atoms. The predicted octanol–water partition coefficient (Wildman–Crippen LogP) is 2.59. The Morgan fingerprint density at radius 2 is 1.74 bits per heavy atom. The largest absolute Gasteiger partial charge is 0.495 e. The molecule has 1 aromatic heterocycles. The number of carbonyl (C=O) groups excluding carboxylic acids is 1. The average molecular weight is 526 g/mol. The van der Waals surface area contributed by atoms with Crippen molar-refractivity contribution >= 4 is 48.1 Å². The van der Waals surface area contributed by atoms with Gasteiger partial charge in [0, 0.05) is 11.6 Å². The van der Waals surface area contributed by atoms with Gasteiger partial charge in [-0.05, 0) is 50.6 Å². The minimum atomic E-state index is -4.27. The molecule has 0 bridgehead atoms. The number of hydrogen-bond donors (Lipinski definition) is 3. The maximum atomic E-state index is 12.9. The number of aryl methyl sites for hydroxylation is 1. The summed E-state index contributed by atoms with van der Waals surface area (Å²) in [6.45, 7) is 5.10. The normalized spacial score (nSPS) is 11.9. The van der Waals surface area contributed by atoms with Gasteiger partial charge in [-0.2, -0.15) is 8.42 Å². The Kier molecular flexibility index (Phi) is 7.55. The van der Waals surface area contributed by atoms with Crippen molar-refractivity contribution in [2.45, 2.75) is 36.0 Å². The molecule has 3 rings (SSSR count). The molecule has 0 radical (unpaired) electrons. The number of nitrogens with one attached hydrogen (secondary N) is 3. The predicted molar refractivity (Wildman–Crippen MR) is 128 cm³/mol. The fourth-order valence-electron chi connectivity index (χ4n) is 2.86. The molecule has 0 atom stereocenters. The average Bonchev–Trinajstić information content (AvgIpc) is 3.22. The minimum Gasteiger partial charge on any atom is -0.495 e. The van der Waals surface area contributed by atoms with Crippen LogP contribution in [0.3, 0.4) is 0 Å². The highest BCUT2D eigenvalue weighted by atomic mass is 32.2. The lowest BCUT2D eigenvalue weighted by atomic mass is 10.1. The quantitative estimate of drug-likeness (QED) is 0.360. The first-order valence-electron chi connectivity index (χ1n) is 9.86. The number of carbonyl (C=O) groups is 1. The third-order valence-corrected chi connectivity index (χ3v) is 8.59. The minimum absolute atomic E-state index is 0.0157. The van der Waals surface area contributed by atoms with Gasteiger partial charge >= 0.3 is 0 Å². The molecule has 0 spiro atoms. The molecule has 0 aliphatic rings. The molecule has 3 N–H and O–H groups in total. The van der Waals surface area contributed by atoms with Crippen LogP contribution >= 0.6 is 11.3 Å². The summed E-state index contributed by atoms with van der Waals surface area (Å²) in [5.41, 5.74) is 1.06. The number of sulfonamides is 2. The second-order valence-electron chi connectivity index (χ2n) is 7.39. The Hall–Kier alpha value is -3.07. The first-order valence-corrected chi connectivity index (χ1v) is 13.6. The van der Waals surface area contributed by atoms with E-state index in [0.717, 1.165) is 11.6 Å². The van der Waals surface area contributed by atoms with Gasteiger partial charge in [0.1, 0.15) is 5.75 Å². The summed E-state index contributed by atoms with van der Waals surface area (Å²) in [6.07, 6.45) is 0. The van der Waals surface area contributed by atoms with E-state index in [4.69, 9.17) is 4.74 Å². The van der Waals surface area contributed by atoms with Gasteiger partial charge < -0.3 is 4.74 Å². The molecule has 182 valence electrons. The molecule has 0 saturated heterocycles. The summed E-state index contributed by atoms with van der Waals surface area (Å²) in [6, 6.07) is 10.3. The second kappa shape index (κ2) is 10.0. The fourth-order valence-corrected chi connectivity index (χ4v) is 6.10. The molecule has 0 saturated carbocycles. The van der Waals surface area contributed by atoms with Gasteiger partial charge in [-0.1, -0.05) is 29.5 Å². The van der Waals surface area contributed by atoms with Crippen molar-refractivity contribution in [3.05, 3.63) is 53.6 Å². The zero-order chi connectivity index (χ0) is 25.1. The van der Waals surface area contributed by atoms with Gasteiger partial charge in [-0.3, -0.25) is 14.8 Å². The van der Waals surface area contributed by atoms with Gasteiger partial charge in [-0.25, -0.2) is 13.1 Å². The van der Waals surface area contributed by atoms with Crippen LogP contribution < -0.4 is 19.5 Å². The summed E-state index contributed by atoms with van der Waals surface area (Å²) in [7, 11) is -6.83. The number of anilines is 2. The summed E-state index contributed by atoms with van der Waals surface area (Å²) in [5.74, 6) is -0.354. The van der Waals surface area contributed by atoms with Gasteiger partial charge in [0.15, 0.2) is 0 Å². The van der Waals surface area contributed by atoms with Crippen LogP contribution in [0.5, 0.6) is 5.75 Å². The number of ether oxygens (including phenoxy) is 1. The van der Waals surface area contributed by atoms with Crippen molar-refractivity contribution in [2.24, 2.45) is 0 Å². The highest BCUT2D eigenvalue weighted by molar-refractivity contribution is 7.94. The van der Waals surface area contributed by atoms with Gasteiger partial charge in [-0.15, -0.1) is 10.2 Å². The Balaban J connectivity index is 1.85. The van der Waals surface area contributed by atoms with E-state index >= 15 is 0 Å². The third kappa shape index (κ3) is 5.88. The molecule has 14 heteroatoms. The Bertz CT molecular complexity index is 1420. The smallest absolute Gasteiger partial charge is 0.291 e. The van der Waals surface area contributed by atoms with E-state index in [1.54, 1.807) is 45.0 Å². The van der Waals surface area contributed by atoms with Crippen LogP contribution in [0.15, 0.2) is 51.7 Å². The van der Waals surface area contributed by atoms with Gasteiger partial charge in [0.05, 0.1) is 17.7 Å². The molecule has 1 heterocycles. The third-order valence-electron chi connectivity index (χ3n) is 4.36. The standard InChI is InChI=1S/C20H23N5O6S3/c1-12(2)24-33(27,28)14-9-10-17(31-4)16(11-14)25-34(29,30)20-23-22-19(32-20)21-18(26)15-8-6-5-7-13(15)3/h5-12,24-25H,1-4H3,(H,21,22,26). The molecule has 0 aliphatic carbocycles. The lowest BCUT2D eigenvalue weighted by Gasteiger charge is -2.14. The molecular formula is C20H23N5O6S3. The van der Waals surface area contributed by atoms with E-state index in [0.29, 0.717) is 16.9 Å². The zero-order valence-corrected chi connectivity index (χ0v) is 21.1. The highest BCUT2D eigenvalue weighted by Gasteiger charge is 2.25. The van der Waals surface area contributed by atoms with E-state index in [1.807, 2.05) is 0 Å². The fraction of sp³-hybridized carbons (Fsp3) is 0.250. The number of hydrogen-bond acceptors (Lipinski definition) is 9. The van der Waals surface area contributed by atoms with E-state index in [1.165, 1.54) is 19.2 Å². The SMILES string of the molecule is COc1ccc(S(=O)(=O)NC(C)C)cc1NS(=O)(=O)c1nnc(NC(=O)c2ccccc2C)s1. The van der Waals surface area contributed by atoms with Crippen molar-refractivity contribution in [1.29, 1.82) is 0 Å². The number of nitrogens with zero attached hydrogens (tertiary/aromatic N) is 2. The number of benzene rings is 2. The van der Waals surface area contributed by atoms with Crippen LogP contribution in [-0.4, -0.2) is 46.1 Å².